The number of rotatable bonds is 5. The molecule has 4 aromatic rings. The molecule has 1 fully saturated rings. The molecule has 0 amide bonds. The zero-order chi connectivity index (χ0) is 20.0. The monoisotopic (exact) mass is 395 g/mol. The van der Waals surface area contributed by atoms with E-state index in [1.807, 2.05) is 12.1 Å². The van der Waals surface area contributed by atoms with Gasteiger partial charge in [-0.15, -0.1) is 0 Å². The van der Waals surface area contributed by atoms with Crippen LogP contribution < -0.4 is 11.1 Å². The molecule has 1 saturated carbocycles. The van der Waals surface area contributed by atoms with Crippen molar-refractivity contribution in [1.82, 2.24) is 25.1 Å². The second kappa shape index (κ2) is 6.84. The van der Waals surface area contributed by atoms with Gasteiger partial charge >= 0.3 is 0 Å². The van der Waals surface area contributed by atoms with E-state index in [0.717, 1.165) is 29.5 Å². The molecule has 0 atom stereocenters. The van der Waals surface area contributed by atoms with E-state index in [-0.39, 0.29) is 29.8 Å². The lowest BCUT2D eigenvalue weighted by Crippen LogP contribution is -2.09. The minimum atomic E-state index is -0.707. The van der Waals surface area contributed by atoms with Crippen LogP contribution in [0.25, 0.3) is 22.3 Å². The summed E-state index contributed by atoms with van der Waals surface area (Å²) in [6.07, 6.45) is 5.14. The lowest BCUT2D eigenvalue weighted by Gasteiger charge is -2.23. The van der Waals surface area contributed by atoms with E-state index in [9.17, 15) is 8.78 Å². The Morgan fingerprint density at radius 3 is 2.83 bits per heavy atom. The number of hydrogen-bond donors (Lipinski definition) is 4. The van der Waals surface area contributed by atoms with Gasteiger partial charge in [-0.2, -0.15) is 10.1 Å². The molecule has 29 heavy (non-hydrogen) atoms. The quantitative estimate of drug-likeness (QED) is 0.407. The standard InChI is InChI=1S/C20H19F2N7/c21-12-6-11(13-4-5-24-15(13)7-12)9-25-20-26-18(17(22)19(23)27-20)16-8-14(28-29-16)10-2-1-3-10/h4-8,10,24H,1-3,9H2,(H,28,29)(H3,23,25,26,27). The Labute approximate surface area is 164 Å². The van der Waals surface area contributed by atoms with E-state index in [4.69, 9.17) is 5.73 Å². The van der Waals surface area contributed by atoms with E-state index in [1.165, 1.54) is 18.6 Å². The van der Waals surface area contributed by atoms with Gasteiger partial charge in [0.2, 0.25) is 5.95 Å². The lowest BCUT2D eigenvalue weighted by molar-refractivity contribution is 0.410. The molecule has 0 bridgehead atoms. The summed E-state index contributed by atoms with van der Waals surface area (Å²) in [5, 5.41) is 11.1. The number of H-pyrrole nitrogens is 2. The average molecular weight is 395 g/mol. The number of halogens is 2. The van der Waals surface area contributed by atoms with Crippen molar-refractivity contribution < 1.29 is 8.78 Å². The van der Waals surface area contributed by atoms with Crippen molar-refractivity contribution >= 4 is 22.7 Å². The van der Waals surface area contributed by atoms with E-state index in [1.54, 1.807) is 6.20 Å². The average Bonchev–Trinajstić information content (AvgIpc) is 3.30. The maximum atomic E-state index is 14.6. The molecule has 0 aliphatic heterocycles. The van der Waals surface area contributed by atoms with Crippen molar-refractivity contribution in [3.8, 4) is 11.4 Å². The van der Waals surface area contributed by atoms with Crippen LogP contribution in [0.15, 0.2) is 30.5 Å². The van der Waals surface area contributed by atoms with Crippen LogP contribution in [0.3, 0.4) is 0 Å². The number of hydrogen-bond acceptors (Lipinski definition) is 5. The van der Waals surface area contributed by atoms with E-state index >= 15 is 0 Å². The van der Waals surface area contributed by atoms with Gasteiger partial charge in [-0.1, -0.05) is 6.42 Å². The molecule has 1 aliphatic carbocycles. The normalized spacial score (nSPS) is 14.3. The maximum absolute atomic E-state index is 14.6. The molecule has 1 aromatic carbocycles. The van der Waals surface area contributed by atoms with Crippen molar-refractivity contribution in [1.29, 1.82) is 0 Å². The molecule has 5 rings (SSSR count). The van der Waals surface area contributed by atoms with Crippen LogP contribution in [0.1, 0.15) is 36.4 Å². The molecule has 9 heteroatoms. The van der Waals surface area contributed by atoms with Crippen molar-refractivity contribution in [2.45, 2.75) is 31.7 Å². The molecule has 3 aromatic heterocycles. The largest absolute Gasteiger partial charge is 0.381 e. The van der Waals surface area contributed by atoms with Gasteiger partial charge in [0.25, 0.3) is 0 Å². The van der Waals surface area contributed by atoms with E-state index in [2.05, 4.69) is 30.5 Å². The van der Waals surface area contributed by atoms with Crippen LogP contribution in [-0.4, -0.2) is 25.1 Å². The Balaban J connectivity index is 1.43. The van der Waals surface area contributed by atoms with E-state index < -0.39 is 5.82 Å². The van der Waals surface area contributed by atoms with Crippen LogP contribution in [0.2, 0.25) is 0 Å². The highest BCUT2D eigenvalue weighted by Crippen LogP contribution is 2.36. The molecular formula is C20H19F2N7. The van der Waals surface area contributed by atoms with Gasteiger partial charge in [-0.25, -0.2) is 13.8 Å². The summed E-state index contributed by atoms with van der Waals surface area (Å²) in [5.74, 6) is -0.734. The molecular weight excluding hydrogens is 376 g/mol. The van der Waals surface area contributed by atoms with Gasteiger partial charge in [-0.05, 0) is 42.7 Å². The number of nitrogen functional groups attached to an aromatic ring is 1. The Morgan fingerprint density at radius 1 is 1.17 bits per heavy atom. The minimum Gasteiger partial charge on any atom is -0.381 e. The second-order valence-corrected chi connectivity index (χ2v) is 7.29. The van der Waals surface area contributed by atoms with Crippen LogP contribution in [0.4, 0.5) is 20.5 Å². The van der Waals surface area contributed by atoms with Gasteiger partial charge in [0.15, 0.2) is 11.6 Å². The molecule has 7 nitrogen and oxygen atoms in total. The first-order valence-corrected chi connectivity index (χ1v) is 9.46. The Bertz CT molecular complexity index is 1190. The summed E-state index contributed by atoms with van der Waals surface area (Å²) in [6, 6.07) is 6.55. The fourth-order valence-corrected chi connectivity index (χ4v) is 3.63. The molecule has 5 N–H and O–H groups in total. The second-order valence-electron chi connectivity index (χ2n) is 7.29. The van der Waals surface area contributed by atoms with Crippen LogP contribution >= 0.6 is 0 Å². The third kappa shape index (κ3) is 3.18. The summed E-state index contributed by atoms with van der Waals surface area (Å²) in [5.41, 5.74) is 8.58. The van der Waals surface area contributed by atoms with Gasteiger partial charge in [0, 0.05) is 35.3 Å². The summed E-state index contributed by atoms with van der Waals surface area (Å²) in [4.78, 5) is 11.2. The van der Waals surface area contributed by atoms with Gasteiger partial charge in [-0.3, -0.25) is 5.10 Å². The van der Waals surface area contributed by atoms with Gasteiger partial charge in [0.05, 0.1) is 0 Å². The number of nitrogens with zero attached hydrogens (tertiary/aromatic N) is 3. The molecule has 3 heterocycles. The topological polar surface area (TPSA) is 108 Å². The highest BCUT2D eigenvalue weighted by molar-refractivity contribution is 5.83. The molecule has 0 unspecified atom stereocenters. The lowest BCUT2D eigenvalue weighted by atomic mass is 9.83. The summed E-state index contributed by atoms with van der Waals surface area (Å²) in [7, 11) is 0. The van der Waals surface area contributed by atoms with Gasteiger partial charge < -0.3 is 16.0 Å². The zero-order valence-corrected chi connectivity index (χ0v) is 15.5. The number of nitrogens with two attached hydrogens (primary N) is 1. The molecule has 1 aliphatic rings. The highest BCUT2D eigenvalue weighted by atomic mass is 19.1. The first kappa shape index (κ1) is 17.6. The zero-order valence-electron chi connectivity index (χ0n) is 15.5. The van der Waals surface area contributed by atoms with Gasteiger partial charge in [0.1, 0.15) is 17.2 Å². The molecule has 148 valence electrons. The number of nitrogens with one attached hydrogen (secondary N) is 3. The highest BCUT2D eigenvalue weighted by Gasteiger charge is 2.23. The van der Waals surface area contributed by atoms with Crippen molar-refractivity contribution in [3.05, 3.63) is 53.4 Å². The smallest absolute Gasteiger partial charge is 0.225 e. The third-order valence-corrected chi connectivity index (χ3v) is 5.42. The maximum Gasteiger partial charge on any atom is 0.225 e. The molecule has 0 spiro atoms. The van der Waals surface area contributed by atoms with Crippen LogP contribution in [0.5, 0.6) is 0 Å². The molecule has 0 saturated heterocycles. The van der Waals surface area contributed by atoms with Crippen molar-refractivity contribution in [3.63, 3.8) is 0 Å². The Hall–Kier alpha value is -3.49. The number of benzene rings is 1. The van der Waals surface area contributed by atoms with Crippen LogP contribution in [-0.2, 0) is 6.54 Å². The number of aromatic nitrogens is 5. The predicted octanol–water partition coefficient (Wildman–Crippen LogP) is 4.09. The summed E-state index contributed by atoms with van der Waals surface area (Å²) >= 11 is 0. The van der Waals surface area contributed by atoms with Crippen LogP contribution in [0, 0.1) is 11.6 Å². The Kier molecular flexibility index (Phi) is 4.15. The fraction of sp³-hybridized carbons (Fsp3) is 0.250. The number of aromatic amines is 2. The first-order valence-electron chi connectivity index (χ1n) is 9.46. The summed E-state index contributed by atoms with van der Waals surface area (Å²) < 4.78 is 28.4. The fourth-order valence-electron chi connectivity index (χ4n) is 3.63. The Morgan fingerprint density at radius 2 is 2.03 bits per heavy atom. The number of anilines is 2. The SMILES string of the molecule is Nc1nc(NCc2cc(F)cc3[nH]ccc23)nc(-c2cc(C3CCC3)[nH]n2)c1F. The van der Waals surface area contributed by atoms with Crippen molar-refractivity contribution in [2.24, 2.45) is 0 Å². The molecule has 0 radical (unpaired) electrons. The first-order chi connectivity index (χ1) is 14.1. The number of fused-ring (bicyclic) bond motifs is 1. The predicted molar refractivity (Wildman–Crippen MR) is 106 cm³/mol. The van der Waals surface area contributed by atoms with E-state index in [0.29, 0.717) is 17.1 Å². The summed E-state index contributed by atoms with van der Waals surface area (Å²) in [6.45, 7) is 0.254. The van der Waals surface area contributed by atoms with Crippen molar-refractivity contribution in [2.75, 3.05) is 11.1 Å². The third-order valence-electron chi connectivity index (χ3n) is 5.42. The minimum absolute atomic E-state index is 0.0351.